The lowest BCUT2D eigenvalue weighted by Gasteiger charge is -2.18. The van der Waals surface area contributed by atoms with Crippen molar-refractivity contribution in [3.05, 3.63) is 77.6 Å². The number of fused-ring (bicyclic) bond motifs is 1. The fourth-order valence-electron chi connectivity index (χ4n) is 4.80. The molecule has 2 aromatic carbocycles. The van der Waals surface area contributed by atoms with E-state index < -0.39 is 5.91 Å². The molecule has 1 saturated heterocycles. The van der Waals surface area contributed by atoms with Gasteiger partial charge in [0.05, 0.1) is 11.0 Å². The number of aryl methyl sites for hydroxylation is 1. The lowest BCUT2D eigenvalue weighted by Crippen LogP contribution is -2.26. The number of imidazole rings is 1. The van der Waals surface area contributed by atoms with E-state index in [0.29, 0.717) is 54.2 Å². The van der Waals surface area contributed by atoms with E-state index in [-0.39, 0.29) is 23.3 Å². The molecule has 0 radical (unpaired) electrons. The number of nitrogens with one attached hydrogen (secondary N) is 2. The molecular weight excluding hydrogens is 496 g/mol. The number of benzene rings is 2. The Balaban J connectivity index is 1.43. The number of anilines is 2. The normalized spacial score (nSPS) is 13.2. The van der Waals surface area contributed by atoms with Gasteiger partial charge in [-0.05, 0) is 56.2 Å². The van der Waals surface area contributed by atoms with E-state index >= 15 is 0 Å². The Kier molecular flexibility index (Phi) is 7.27. The summed E-state index contributed by atoms with van der Waals surface area (Å²) in [5.41, 5.74) is 3.31. The van der Waals surface area contributed by atoms with Gasteiger partial charge in [-0.1, -0.05) is 18.2 Å². The van der Waals surface area contributed by atoms with Gasteiger partial charge < -0.3 is 19.4 Å². The van der Waals surface area contributed by atoms with Crippen molar-refractivity contribution in [2.24, 2.45) is 0 Å². The van der Waals surface area contributed by atoms with Crippen LogP contribution in [0.1, 0.15) is 57.4 Å². The van der Waals surface area contributed by atoms with Gasteiger partial charge >= 0.3 is 0 Å². The van der Waals surface area contributed by atoms with Crippen molar-refractivity contribution in [1.82, 2.24) is 19.4 Å². The van der Waals surface area contributed by atoms with Gasteiger partial charge in [-0.3, -0.25) is 24.5 Å². The van der Waals surface area contributed by atoms with Crippen LogP contribution >= 0.6 is 0 Å². The molecule has 0 atom stereocenters. The lowest BCUT2D eigenvalue weighted by molar-refractivity contribution is -0.127. The third-order valence-electron chi connectivity index (χ3n) is 6.99. The molecule has 1 aliphatic rings. The van der Waals surface area contributed by atoms with Crippen LogP contribution in [0.5, 0.6) is 0 Å². The van der Waals surface area contributed by atoms with Gasteiger partial charge in [-0.15, -0.1) is 0 Å². The fourth-order valence-corrected chi connectivity index (χ4v) is 4.80. The van der Waals surface area contributed by atoms with Crippen LogP contribution in [0.4, 0.5) is 11.6 Å². The summed E-state index contributed by atoms with van der Waals surface area (Å²) in [6.45, 7) is 3.35. The highest BCUT2D eigenvalue weighted by Gasteiger charge is 2.21. The molecule has 1 aliphatic heterocycles. The Morgan fingerprint density at radius 2 is 1.85 bits per heavy atom. The number of Topliss-reactive ketones (excluding diaryl/α,β-unsaturated/α-hetero) is 1. The number of carbonyl (C=O) groups excluding carboxylic acids is 4. The number of H-pyrrole nitrogens is 1. The van der Waals surface area contributed by atoms with Crippen molar-refractivity contribution in [3.8, 4) is 0 Å². The fraction of sp³-hybridized carbons (Fsp3) is 0.276. The minimum Gasteiger partial charge on any atom is -0.356 e. The van der Waals surface area contributed by atoms with Crippen molar-refractivity contribution in [2.45, 2.75) is 32.7 Å². The van der Waals surface area contributed by atoms with Gasteiger partial charge in [0.1, 0.15) is 5.69 Å². The lowest BCUT2D eigenvalue weighted by atomic mass is 10.2. The summed E-state index contributed by atoms with van der Waals surface area (Å²) in [4.78, 5) is 60.7. The van der Waals surface area contributed by atoms with Gasteiger partial charge in [-0.2, -0.15) is 0 Å². The number of ketones is 1. The second kappa shape index (κ2) is 10.9. The maximum Gasteiger partial charge on any atom is 0.274 e. The number of hydrogen-bond acceptors (Lipinski definition) is 5. The van der Waals surface area contributed by atoms with Gasteiger partial charge in [0, 0.05) is 56.1 Å². The zero-order chi connectivity index (χ0) is 27.5. The summed E-state index contributed by atoms with van der Waals surface area (Å²) in [5.74, 6) is -0.203. The molecule has 2 aromatic heterocycles. The van der Waals surface area contributed by atoms with E-state index in [4.69, 9.17) is 4.98 Å². The average Bonchev–Trinajstić information content (AvgIpc) is 3.67. The molecular formula is C29H30N6O4. The number of hydrogen-bond donors (Lipinski definition) is 2. The Morgan fingerprint density at radius 1 is 1.05 bits per heavy atom. The number of amides is 3. The summed E-state index contributed by atoms with van der Waals surface area (Å²) >= 11 is 0. The molecule has 5 rings (SSSR count). The largest absolute Gasteiger partial charge is 0.356 e. The SMILES string of the molecule is CC(=O)c1c[nH]c(C(=O)Nc2nc3cc(N(C)C(=O)c4ccccc4)ccc3n2CCCN2CCCC2=O)c1. The second-order valence-corrected chi connectivity index (χ2v) is 9.64. The molecule has 0 spiro atoms. The minimum absolute atomic E-state index is 0.143. The summed E-state index contributed by atoms with van der Waals surface area (Å²) in [6.07, 6.45) is 3.65. The molecule has 39 heavy (non-hydrogen) atoms. The summed E-state index contributed by atoms with van der Waals surface area (Å²) in [6, 6.07) is 16.1. The third kappa shape index (κ3) is 5.45. The van der Waals surface area contributed by atoms with Crippen molar-refractivity contribution in [3.63, 3.8) is 0 Å². The van der Waals surface area contributed by atoms with Crippen LogP contribution in [0, 0.1) is 0 Å². The second-order valence-electron chi connectivity index (χ2n) is 9.64. The van der Waals surface area contributed by atoms with Crippen LogP contribution in [-0.4, -0.2) is 63.1 Å². The zero-order valence-corrected chi connectivity index (χ0v) is 21.9. The average molecular weight is 527 g/mol. The number of aromatic amines is 1. The van der Waals surface area contributed by atoms with E-state index in [1.807, 2.05) is 45.9 Å². The van der Waals surface area contributed by atoms with E-state index in [0.717, 1.165) is 18.5 Å². The molecule has 0 unspecified atom stereocenters. The van der Waals surface area contributed by atoms with E-state index in [9.17, 15) is 19.2 Å². The van der Waals surface area contributed by atoms with Gasteiger partial charge in [0.15, 0.2) is 5.78 Å². The van der Waals surface area contributed by atoms with E-state index in [2.05, 4.69) is 10.3 Å². The van der Waals surface area contributed by atoms with Gasteiger partial charge in [-0.25, -0.2) is 4.98 Å². The third-order valence-corrected chi connectivity index (χ3v) is 6.99. The molecule has 4 aromatic rings. The quantitative estimate of drug-likeness (QED) is 0.318. The highest BCUT2D eigenvalue weighted by molar-refractivity contribution is 6.07. The van der Waals surface area contributed by atoms with Crippen LogP contribution in [0.25, 0.3) is 11.0 Å². The van der Waals surface area contributed by atoms with E-state index in [1.165, 1.54) is 19.2 Å². The monoisotopic (exact) mass is 526 g/mol. The molecule has 2 N–H and O–H groups in total. The number of carbonyl (C=O) groups is 4. The van der Waals surface area contributed by atoms with Gasteiger partial charge in [0.25, 0.3) is 11.8 Å². The first-order chi connectivity index (χ1) is 18.8. The Bertz CT molecular complexity index is 1550. The molecule has 0 saturated carbocycles. The van der Waals surface area contributed by atoms with Crippen LogP contribution in [0.15, 0.2) is 60.8 Å². The highest BCUT2D eigenvalue weighted by Crippen LogP contribution is 2.26. The van der Waals surface area contributed by atoms with Crippen LogP contribution < -0.4 is 10.2 Å². The predicted octanol–water partition coefficient (Wildman–Crippen LogP) is 4.11. The first kappa shape index (κ1) is 25.9. The number of aromatic nitrogens is 3. The molecule has 10 heteroatoms. The molecule has 1 fully saturated rings. The molecule has 0 bridgehead atoms. The summed E-state index contributed by atoms with van der Waals surface area (Å²) in [7, 11) is 1.71. The standard InChI is InChI=1S/C29H30N6O4/c1-19(36)21-16-24(30-18-21)27(38)32-29-31-23-17-22(33(2)28(39)20-8-4-3-5-9-20)11-12-25(23)35(29)15-7-14-34-13-6-10-26(34)37/h3-5,8-9,11-12,16-18,30H,6-7,10,13-15H2,1-2H3,(H,31,32,38). The number of rotatable bonds is 9. The Hall–Kier alpha value is -4.73. The summed E-state index contributed by atoms with van der Waals surface area (Å²) in [5, 5.41) is 2.86. The smallest absolute Gasteiger partial charge is 0.274 e. The van der Waals surface area contributed by atoms with Crippen molar-refractivity contribution in [2.75, 3.05) is 30.4 Å². The molecule has 10 nitrogen and oxygen atoms in total. The topological polar surface area (TPSA) is 120 Å². The van der Waals surface area contributed by atoms with Crippen molar-refractivity contribution < 1.29 is 19.2 Å². The minimum atomic E-state index is -0.426. The predicted molar refractivity (Wildman–Crippen MR) is 148 cm³/mol. The zero-order valence-electron chi connectivity index (χ0n) is 21.9. The Labute approximate surface area is 225 Å². The number of likely N-dealkylation sites (tertiary alicyclic amines) is 1. The maximum atomic E-state index is 13.0. The first-order valence-corrected chi connectivity index (χ1v) is 12.9. The van der Waals surface area contributed by atoms with Crippen LogP contribution in [0.3, 0.4) is 0 Å². The van der Waals surface area contributed by atoms with Crippen LogP contribution in [-0.2, 0) is 11.3 Å². The molecule has 0 aliphatic carbocycles. The highest BCUT2D eigenvalue weighted by atomic mass is 16.2. The Morgan fingerprint density at radius 3 is 2.54 bits per heavy atom. The summed E-state index contributed by atoms with van der Waals surface area (Å²) < 4.78 is 1.91. The molecule has 3 amide bonds. The maximum absolute atomic E-state index is 13.0. The van der Waals surface area contributed by atoms with Crippen LogP contribution in [0.2, 0.25) is 0 Å². The van der Waals surface area contributed by atoms with Gasteiger partial charge in [0.2, 0.25) is 11.9 Å². The first-order valence-electron chi connectivity index (χ1n) is 12.9. The molecule has 200 valence electrons. The van der Waals surface area contributed by atoms with E-state index in [1.54, 1.807) is 24.1 Å². The number of nitrogens with zero attached hydrogens (tertiary/aromatic N) is 4. The van der Waals surface area contributed by atoms with Crippen molar-refractivity contribution >= 4 is 46.2 Å². The molecule has 3 heterocycles. The van der Waals surface area contributed by atoms with Crippen molar-refractivity contribution in [1.29, 1.82) is 0 Å².